The number of hydrogen-bond acceptors (Lipinski definition) is 21. The Bertz CT molecular complexity index is 4740. The van der Waals surface area contributed by atoms with Gasteiger partial charge in [0, 0.05) is 83.3 Å². The fraction of sp³-hybridized carbons (Fsp3) is 0.294. The number of unbranched alkanes of at least 4 members (excludes halogenated alkanes) is 2. The van der Waals surface area contributed by atoms with Gasteiger partial charge in [-0.15, -0.1) is 0 Å². The minimum absolute atomic E-state index is 0.0256. The second-order valence-electron chi connectivity index (χ2n) is 22.1. The number of sulfonamides is 2. The Kier molecular flexibility index (Phi) is 24.5. The van der Waals surface area contributed by atoms with Crippen LogP contribution in [0.25, 0.3) is 22.1 Å². The number of esters is 2. The molecule has 0 aliphatic carbocycles. The number of nitrogens with one attached hydrogen (secondary N) is 2. The van der Waals surface area contributed by atoms with Crippen molar-refractivity contribution in [2.75, 3.05) is 63.2 Å². The number of amides is 2. The molecule has 0 radical (unpaired) electrons. The highest BCUT2D eigenvalue weighted by atomic mass is 32.2. The van der Waals surface area contributed by atoms with E-state index < -0.39 is 32.0 Å². The third-order valence-electron chi connectivity index (χ3n) is 15.3. The number of imide groups is 1. The normalized spacial score (nSPS) is 11.8. The van der Waals surface area contributed by atoms with E-state index in [1.165, 1.54) is 98.1 Å². The van der Waals surface area contributed by atoms with Crippen molar-refractivity contribution in [3.8, 4) is 46.0 Å². The summed E-state index contributed by atoms with van der Waals surface area (Å²) in [5.41, 5.74) is 7.92. The largest absolute Gasteiger partial charge is 0.493 e. The molecule has 520 valence electrons. The van der Waals surface area contributed by atoms with Crippen LogP contribution in [0.5, 0.6) is 46.0 Å². The third-order valence-corrected chi connectivity index (χ3v) is 18.0. The van der Waals surface area contributed by atoms with Crippen molar-refractivity contribution in [1.29, 1.82) is 0 Å². The first kappa shape index (κ1) is 73.2. The van der Waals surface area contributed by atoms with Crippen LogP contribution < -0.4 is 66.7 Å². The van der Waals surface area contributed by atoms with Gasteiger partial charge in [-0.25, -0.2) is 36.0 Å². The molecule has 0 fully saturated rings. The van der Waals surface area contributed by atoms with Gasteiger partial charge in [0.2, 0.25) is 0 Å². The third kappa shape index (κ3) is 17.1. The van der Waals surface area contributed by atoms with Crippen LogP contribution in [-0.4, -0.2) is 117 Å². The maximum absolute atomic E-state index is 13.7. The van der Waals surface area contributed by atoms with Gasteiger partial charge in [0.05, 0.1) is 106 Å². The van der Waals surface area contributed by atoms with Crippen molar-refractivity contribution in [3.05, 3.63) is 177 Å². The standard InChI is InChI=1S/C38H38N4O10S.C30H36N4O8S.H4N2/c1-5-16-50-25-19-26(51-17-9-8-15-42-35(43)29-13-6-7-14-30(29)36(42)44)21-27(20-25)52-34-23-33-32(40(2)38(46)41(33)3)22-31(34)39-53(47,48)28-12-10-11-24(18-28)37(45)49-4;1-5-12-40-21-15-22(41-13-7-6-11-31)17-23(16-21)42-28-19-27-26(33(2)30(36)34(27)3)18-25(28)32-43(37,38)24-10-8-9-20(14-24)29(35)39-4;1-2/h6-7,10-14,18-23,39H,5,8-9,15-17H2,1-4H3;8-10,14-19,32H,5-7,11-13,31H2,1-4H3;1-2H2. The highest BCUT2D eigenvalue weighted by Crippen LogP contribution is 2.40. The Morgan fingerprint density at radius 2 is 0.806 bits per heavy atom. The van der Waals surface area contributed by atoms with E-state index in [1.54, 1.807) is 101 Å². The number of aryl methyl sites for hydroxylation is 4. The predicted octanol–water partition coefficient (Wildman–Crippen LogP) is 8.48. The van der Waals surface area contributed by atoms with E-state index in [9.17, 15) is 45.6 Å². The first-order chi connectivity index (χ1) is 47.0. The number of hydrogen-bond donors (Lipinski definition) is 5. The van der Waals surface area contributed by atoms with Crippen molar-refractivity contribution < 1.29 is 73.9 Å². The van der Waals surface area contributed by atoms with Gasteiger partial charge in [-0.3, -0.25) is 53.9 Å². The van der Waals surface area contributed by atoms with Crippen LogP contribution in [0.1, 0.15) is 93.8 Å². The van der Waals surface area contributed by atoms with E-state index in [0.717, 1.165) is 25.7 Å². The van der Waals surface area contributed by atoms with Gasteiger partial charge in [-0.05, 0) is 106 Å². The number of fused-ring (bicyclic) bond motifs is 3. The molecule has 0 bridgehead atoms. The monoisotopic (exact) mass is 1390 g/mol. The fourth-order valence-electron chi connectivity index (χ4n) is 10.3. The van der Waals surface area contributed by atoms with Crippen LogP contribution in [-0.2, 0) is 57.7 Å². The summed E-state index contributed by atoms with van der Waals surface area (Å²) in [6.45, 7) is 6.36. The van der Waals surface area contributed by atoms with Crippen molar-refractivity contribution in [3.63, 3.8) is 0 Å². The summed E-state index contributed by atoms with van der Waals surface area (Å²) in [7, 11) is 0.286. The van der Waals surface area contributed by atoms with Crippen LogP contribution in [0, 0.1) is 0 Å². The molecule has 0 unspecified atom stereocenters. The van der Waals surface area contributed by atoms with Crippen molar-refractivity contribution in [2.24, 2.45) is 45.6 Å². The van der Waals surface area contributed by atoms with Crippen LogP contribution in [0.2, 0.25) is 0 Å². The Hall–Kier alpha value is -10.7. The van der Waals surface area contributed by atoms with Gasteiger partial charge in [0.1, 0.15) is 34.5 Å². The highest BCUT2D eigenvalue weighted by Gasteiger charge is 2.34. The molecule has 0 spiro atoms. The van der Waals surface area contributed by atoms with E-state index >= 15 is 0 Å². The van der Waals surface area contributed by atoms with Crippen molar-refractivity contribution >= 4 is 77.2 Å². The maximum Gasteiger partial charge on any atom is 0.337 e. The lowest BCUT2D eigenvalue weighted by Crippen LogP contribution is -2.30. The minimum atomic E-state index is -4.28. The number of ether oxygens (including phenoxy) is 8. The zero-order valence-electron chi connectivity index (χ0n) is 55.3. The molecule has 1 aliphatic heterocycles. The topological polar surface area (TPSA) is 370 Å². The number of nitrogens with two attached hydrogens (primary N) is 3. The predicted molar refractivity (Wildman–Crippen MR) is 367 cm³/mol. The average Bonchev–Trinajstić information content (AvgIpc) is 1.57. The van der Waals surface area contributed by atoms with Crippen LogP contribution in [0.3, 0.4) is 0 Å². The smallest absolute Gasteiger partial charge is 0.337 e. The van der Waals surface area contributed by atoms with Crippen LogP contribution >= 0.6 is 0 Å². The fourth-order valence-corrected chi connectivity index (χ4v) is 12.5. The molecule has 1 aliphatic rings. The molecule has 28 nitrogen and oxygen atoms in total. The van der Waals surface area contributed by atoms with Gasteiger partial charge in [0.25, 0.3) is 31.9 Å². The molecule has 98 heavy (non-hydrogen) atoms. The van der Waals surface area contributed by atoms with Gasteiger partial charge in [-0.2, -0.15) is 0 Å². The maximum atomic E-state index is 13.7. The van der Waals surface area contributed by atoms with E-state index in [1.807, 2.05) is 13.8 Å². The number of hydrazine groups is 1. The van der Waals surface area contributed by atoms with Gasteiger partial charge < -0.3 is 43.6 Å². The zero-order chi connectivity index (χ0) is 71.0. The molecule has 0 saturated carbocycles. The van der Waals surface area contributed by atoms with Crippen LogP contribution in [0.4, 0.5) is 11.4 Å². The van der Waals surface area contributed by atoms with E-state index in [2.05, 4.69) is 21.1 Å². The van der Waals surface area contributed by atoms with E-state index in [0.29, 0.717) is 101 Å². The minimum Gasteiger partial charge on any atom is -0.493 e. The van der Waals surface area contributed by atoms with Gasteiger partial charge in [-0.1, -0.05) is 38.1 Å². The molecule has 10 rings (SSSR count). The lowest BCUT2D eigenvalue weighted by atomic mass is 10.1. The van der Waals surface area contributed by atoms with Crippen molar-refractivity contribution in [2.45, 2.75) is 62.2 Å². The number of imidazole rings is 2. The number of rotatable bonds is 29. The number of methoxy groups -OCH3 is 2. The molecule has 7 aromatic carbocycles. The summed E-state index contributed by atoms with van der Waals surface area (Å²) in [5.74, 6) is 8.69. The first-order valence-corrected chi connectivity index (χ1v) is 33.9. The second-order valence-corrected chi connectivity index (χ2v) is 25.5. The number of benzene rings is 7. The molecule has 0 saturated heterocycles. The Morgan fingerprint density at radius 3 is 1.17 bits per heavy atom. The first-order valence-electron chi connectivity index (χ1n) is 31.0. The zero-order valence-corrected chi connectivity index (χ0v) is 57.0. The molecular weight excluding hydrogens is 1310 g/mol. The number of aromatic nitrogens is 4. The number of anilines is 2. The lowest BCUT2D eigenvalue weighted by Gasteiger charge is -2.17. The summed E-state index contributed by atoms with van der Waals surface area (Å²) in [5, 5.41) is 0. The Morgan fingerprint density at radius 1 is 0.449 bits per heavy atom. The molecule has 8 N–H and O–H groups in total. The summed E-state index contributed by atoms with van der Waals surface area (Å²) in [6, 6.07) is 33.8. The number of carbonyl (C=O) groups is 4. The number of carbonyl (C=O) groups excluding carboxylic acids is 4. The Balaban J connectivity index is 0.000000249. The second kappa shape index (κ2) is 32.9. The quantitative estimate of drug-likeness (QED) is 0.00964. The highest BCUT2D eigenvalue weighted by molar-refractivity contribution is 7.93. The molecule has 2 amide bonds. The molecule has 3 heterocycles. The summed E-state index contributed by atoms with van der Waals surface area (Å²) in [6.07, 6.45) is 4.17. The molecule has 2 aromatic heterocycles. The Labute approximate surface area is 565 Å². The van der Waals surface area contributed by atoms with E-state index in [4.69, 9.17) is 43.6 Å². The summed E-state index contributed by atoms with van der Waals surface area (Å²) in [4.78, 5) is 76.0. The SMILES string of the molecule is CCCOc1cc(OCCCCN)cc(Oc2cc3c(cc2NS(=O)(=O)c2cccc(C(=O)OC)c2)n(C)c(=O)n3C)c1.CCCOc1cc(OCCCCN2C(=O)c3ccccc3C2=O)cc(Oc2cc3c(cc2NS(=O)(=O)c2cccc(C(=O)OC)c2)n(C)c(=O)n3C)c1.NN. The van der Waals surface area contributed by atoms with Gasteiger partial charge in [0.15, 0.2) is 11.5 Å². The number of nitrogens with zero attached hydrogens (tertiary/aromatic N) is 5. The molecular formula is C68H78N10O18S2. The van der Waals surface area contributed by atoms with Crippen LogP contribution in [0.15, 0.2) is 153 Å². The lowest BCUT2D eigenvalue weighted by molar-refractivity contribution is 0.0591. The van der Waals surface area contributed by atoms with Crippen molar-refractivity contribution in [1.82, 2.24) is 23.2 Å². The molecule has 0 atom stereocenters. The van der Waals surface area contributed by atoms with Gasteiger partial charge >= 0.3 is 23.3 Å². The summed E-state index contributed by atoms with van der Waals surface area (Å²) < 4.78 is 111. The average molecular weight is 1390 g/mol. The summed E-state index contributed by atoms with van der Waals surface area (Å²) >= 11 is 0. The molecule has 9 aromatic rings. The molecule has 30 heteroatoms. The van der Waals surface area contributed by atoms with E-state index in [-0.39, 0.29) is 85.9 Å².